The Morgan fingerprint density at radius 3 is 2.30 bits per heavy atom. The number of benzene rings is 3. The van der Waals surface area contributed by atoms with Gasteiger partial charge in [0.1, 0.15) is 10.9 Å². The third-order valence-electron chi connectivity index (χ3n) is 6.61. The first kappa shape index (κ1) is 29.3. The molecular weight excluding hydrogens is 550 g/mol. The highest BCUT2D eigenvalue weighted by Gasteiger charge is 2.40. The van der Waals surface area contributed by atoms with Crippen LogP contribution < -0.4 is 5.32 Å². The monoisotopic (exact) mass is 581 g/mol. The van der Waals surface area contributed by atoms with Gasteiger partial charge in [-0.25, -0.2) is 12.7 Å². The summed E-state index contributed by atoms with van der Waals surface area (Å²) in [7, 11) is -3.97. The van der Waals surface area contributed by atoms with E-state index in [-0.39, 0.29) is 54.2 Å². The molecule has 3 amide bonds. The van der Waals surface area contributed by atoms with Crippen LogP contribution in [-0.4, -0.2) is 54.0 Å². The maximum Gasteiger partial charge on any atom is 0.269 e. The van der Waals surface area contributed by atoms with E-state index >= 15 is 0 Å². The maximum absolute atomic E-state index is 13.7. The standard InChI is InChI=1S/C30H32ClN3O5S/c1-21(2)32-29(36)26(19-22-10-4-3-5-11-22)33(20-23-12-8-13-24(31)18-23)28(35)16-9-17-34-30(37)25-14-6-7-15-27(25)40(34,38)39/h3-8,10-15,18,21,26H,9,16-17,19-20H2,1-2H3,(H,32,36)/t26-/m0/s1. The molecule has 0 unspecified atom stereocenters. The van der Waals surface area contributed by atoms with Gasteiger partial charge in [-0.3, -0.25) is 14.4 Å². The number of sulfonamides is 1. The Bertz CT molecular complexity index is 1490. The van der Waals surface area contributed by atoms with Gasteiger partial charge in [0.05, 0.1) is 5.56 Å². The first-order valence-corrected chi connectivity index (χ1v) is 14.9. The van der Waals surface area contributed by atoms with E-state index in [2.05, 4.69) is 5.32 Å². The van der Waals surface area contributed by atoms with Gasteiger partial charge in [-0.05, 0) is 55.7 Å². The van der Waals surface area contributed by atoms with Gasteiger partial charge in [-0.2, -0.15) is 0 Å². The summed E-state index contributed by atoms with van der Waals surface area (Å²) in [6, 6.07) is 21.6. The van der Waals surface area contributed by atoms with Gasteiger partial charge >= 0.3 is 0 Å². The van der Waals surface area contributed by atoms with Crippen LogP contribution in [0.5, 0.6) is 0 Å². The first-order valence-electron chi connectivity index (χ1n) is 13.1. The van der Waals surface area contributed by atoms with Crippen LogP contribution in [0, 0.1) is 0 Å². The van der Waals surface area contributed by atoms with Crippen LogP contribution in [0.25, 0.3) is 0 Å². The molecule has 210 valence electrons. The second-order valence-electron chi connectivity index (χ2n) is 10.0. The summed E-state index contributed by atoms with van der Waals surface area (Å²) in [6.07, 6.45) is 0.337. The van der Waals surface area contributed by atoms with Crippen molar-refractivity contribution in [2.45, 2.75) is 56.6 Å². The average molecular weight is 582 g/mol. The number of nitrogens with zero attached hydrogens (tertiary/aromatic N) is 2. The highest BCUT2D eigenvalue weighted by molar-refractivity contribution is 7.90. The number of hydrogen-bond acceptors (Lipinski definition) is 5. The predicted octanol–water partition coefficient (Wildman–Crippen LogP) is 4.43. The lowest BCUT2D eigenvalue weighted by Crippen LogP contribution is -2.51. The normalized spacial score (nSPS) is 14.6. The number of nitrogens with one attached hydrogen (secondary N) is 1. The second-order valence-corrected chi connectivity index (χ2v) is 12.3. The molecule has 0 spiro atoms. The number of carbonyl (C=O) groups excluding carboxylic acids is 3. The third-order valence-corrected chi connectivity index (χ3v) is 8.68. The van der Waals surface area contributed by atoms with E-state index < -0.39 is 22.0 Å². The number of rotatable bonds is 11. The molecule has 1 atom stereocenters. The van der Waals surface area contributed by atoms with Crippen molar-refractivity contribution in [1.29, 1.82) is 0 Å². The fourth-order valence-electron chi connectivity index (χ4n) is 4.74. The minimum Gasteiger partial charge on any atom is -0.352 e. The Labute approximate surface area is 240 Å². The summed E-state index contributed by atoms with van der Waals surface area (Å²) >= 11 is 6.21. The Kier molecular flexibility index (Phi) is 9.27. The Hall–Kier alpha value is -3.69. The minimum atomic E-state index is -3.97. The van der Waals surface area contributed by atoms with Crippen molar-refractivity contribution in [2.75, 3.05) is 6.54 Å². The molecule has 1 aliphatic rings. The molecule has 3 aromatic carbocycles. The van der Waals surface area contributed by atoms with Crippen molar-refractivity contribution >= 4 is 39.3 Å². The largest absolute Gasteiger partial charge is 0.352 e. The van der Waals surface area contributed by atoms with E-state index in [1.807, 2.05) is 50.2 Å². The van der Waals surface area contributed by atoms with Gasteiger partial charge in [-0.15, -0.1) is 0 Å². The zero-order chi connectivity index (χ0) is 28.9. The Balaban J connectivity index is 1.57. The molecule has 1 aliphatic heterocycles. The van der Waals surface area contributed by atoms with Crippen LogP contribution >= 0.6 is 11.6 Å². The maximum atomic E-state index is 13.7. The van der Waals surface area contributed by atoms with Crippen molar-refractivity contribution in [3.8, 4) is 0 Å². The van der Waals surface area contributed by atoms with Crippen molar-refractivity contribution in [3.63, 3.8) is 0 Å². The Morgan fingerprint density at radius 1 is 0.950 bits per heavy atom. The molecule has 3 aromatic rings. The SMILES string of the molecule is CC(C)NC(=O)[C@H](Cc1ccccc1)N(Cc1cccc(Cl)c1)C(=O)CCCN1C(=O)c2ccccc2S1(=O)=O. The molecule has 0 aliphatic carbocycles. The molecular formula is C30H32ClN3O5S. The van der Waals surface area contributed by atoms with Crippen molar-refractivity contribution < 1.29 is 22.8 Å². The minimum absolute atomic E-state index is 0.0257. The first-order chi connectivity index (χ1) is 19.1. The molecule has 0 saturated heterocycles. The molecule has 10 heteroatoms. The summed E-state index contributed by atoms with van der Waals surface area (Å²) in [5.74, 6) is -1.22. The molecule has 0 aromatic heterocycles. The molecule has 40 heavy (non-hydrogen) atoms. The second kappa shape index (κ2) is 12.7. The molecule has 0 saturated carbocycles. The molecule has 0 radical (unpaired) electrons. The highest BCUT2D eigenvalue weighted by atomic mass is 35.5. The summed E-state index contributed by atoms with van der Waals surface area (Å²) in [5.41, 5.74) is 1.77. The van der Waals surface area contributed by atoms with Gasteiger partial charge in [0, 0.05) is 37.0 Å². The van der Waals surface area contributed by atoms with Crippen LogP contribution in [0.3, 0.4) is 0 Å². The van der Waals surface area contributed by atoms with Crippen LogP contribution in [0.15, 0.2) is 83.8 Å². The smallest absolute Gasteiger partial charge is 0.269 e. The van der Waals surface area contributed by atoms with E-state index in [1.165, 1.54) is 17.0 Å². The lowest BCUT2D eigenvalue weighted by atomic mass is 10.0. The summed E-state index contributed by atoms with van der Waals surface area (Å²) in [6.45, 7) is 3.70. The molecule has 4 rings (SSSR count). The van der Waals surface area contributed by atoms with Gasteiger partial charge < -0.3 is 10.2 Å². The summed E-state index contributed by atoms with van der Waals surface area (Å²) < 4.78 is 26.7. The van der Waals surface area contributed by atoms with Crippen LogP contribution in [0.2, 0.25) is 5.02 Å². The Morgan fingerprint density at radius 2 is 1.62 bits per heavy atom. The van der Waals surface area contributed by atoms with E-state index in [0.717, 1.165) is 15.4 Å². The summed E-state index contributed by atoms with van der Waals surface area (Å²) in [4.78, 5) is 41.5. The van der Waals surface area contributed by atoms with Crippen molar-refractivity contribution in [3.05, 3.63) is 101 Å². The van der Waals surface area contributed by atoms with Crippen LogP contribution in [0.1, 0.15) is 48.2 Å². The molecule has 0 bridgehead atoms. The number of fused-ring (bicyclic) bond motifs is 1. The lowest BCUT2D eigenvalue weighted by molar-refractivity contribution is -0.141. The van der Waals surface area contributed by atoms with Crippen LogP contribution in [-0.2, 0) is 32.6 Å². The number of halogens is 1. The highest BCUT2D eigenvalue weighted by Crippen LogP contribution is 2.30. The fourth-order valence-corrected chi connectivity index (χ4v) is 6.56. The number of amides is 3. The third kappa shape index (κ3) is 6.71. The van der Waals surface area contributed by atoms with E-state index in [1.54, 1.807) is 30.3 Å². The number of carbonyl (C=O) groups is 3. The zero-order valence-corrected chi connectivity index (χ0v) is 24.0. The van der Waals surface area contributed by atoms with Gasteiger partial charge in [0.25, 0.3) is 15.9 Å². The van der Waals surface area contributed by atoms with Gasteiger partial charge in [0.15, 0.2) is 0 Å². The average Bonchev–Trinajstić information content (AvgIpc) is 3.11. The molecule has 1 N–H and O–H groups in total. The predicted molar refractivity (Wildman–Crippen MR) is 153 cm³/mol. The lowest BCUT2D eigenvalue weighted by Gasteiger charge is -2.32. The number of hydrogen-bond donors (Lipinski definition) is 1. The quantitative estimate of drug-likeness (QED) is 0.361. The molecule has 0 fully saturated rings. The van der Waals surface area contributed by atoms with E-state index in [4.69, 9.17) is 11.6 Å². The summed E-state index contributed by atoms with van der Waals surface area (Å²) in [5, 5.41) is 3.44. The van der Waals surface area contributed by atoms with Crippen LogP contribution in [0.4, 0.5) is 0 Å². The fraction of sp³-hybridized carbons (Fsp3) is 0.300. The topological polar surface area (TPSA) is 104 Å². The van der Waals surface area contributed by atoms with E-state index in [9.17, 15) is 22.8 Å². The van der Waals surface area contributed by atoms with Gasteiger partial charge in [0.2, 0.25) is 11.8 Å². The van der Waals surface area contributed by atoms with Gasteiger partial charge in [-0.1, -0.05) is 66.2 Å². The molecule has 8 nitrogen and oxygen atoms in total. The van der Waals surface area contributed by atoms with E-state index in [0.29, 0.717) is 11.4 Å². The molecule has 1 heterocycles. The zero-order valence-electron chi connectivity index (χ0n) is 22.4. The van der Waals surface area contributed by atoms with Crippen molar-refractivity contribution in [1.82, 2.24) is 14.5 Å². The van der Waals surface area contributed by atoms with Crippen molar-refractivity contribution in [2.24, 2.45) is 0 Å².